The molecule has 2 aliphatic rings. The number of allylic oxidation sites excluding steroid dienone is 2. The monoisotopic (exact) mass is 322 g/mol. The lowest BCUT2D eigenvalue weighted by atomic mass is 10.2. The summed E-state index contributed by atoms with van der Waals surface area (Å²) in [5.74, 6) is 1.81. The fraction of sp³-hybridized carbons (Fsp3) is 0.267. The molecule has 1 aromatic rings. The van der Waals surface area contributed by atoms with Gasteiger partial charge in [-0.3, -0.25) is 4.55 Å². The number of amidine groups is 1. The number of likely N-dealkylation sites (N-methyl/N-ethyl adjacent to an activating group) is 1. The molecule has 0 saturated carbocycles. The number of aliphatic imine (C=N–C) groups is 1. The first-order valence-electron chi connectivity index (χ1n) is 6.67. The predicted octanol–water partition coefficient (Wildman–Crippen LogP) is 2.35. The number of rotatable bonds is 1. The molecule has 0 saturated heterocycles. The van der Waals surface area contributed by atoms with E-state index in [0.717, 1.165) is 17.2 Å². The van der Waals surface area contributed by atoms with Crippen LogP contribution in [-0.4, -0.2) is 37.0 Å². The van der Waals surface area contributed by atoms with E-state index in [2.05, 4.69) is 4.99 Å². The molecule has 118 valence electrons. The van der Waals surface area contributed by atoms with Gasteiger partial charge in [0, 0.05) is 13.2 Å². The molecule has 22 heavy (non-hydrogen) atoms. The zero-order valence-corrected chi connectivity index (χ0v) is 13.4. The molecule has 6 nitrogen and oxygen atoms in total. The highest BCUT2D eigenvalue weighted by atomic mass is 32.2. The molecule has 0 radical (unpaired) electrons. The van der Waals surface area contributed by atoms with Crippen molar-refractivity contribution in [2.24, 2.45) is 4.99 Å². The lowest BCUT2D eigenvalue weighted by Gasteiger charge is -2.16. The van der Waals surface area contributed by atoms with E-state index in [1.165, 1.54) is 12.1 Å². The summed E-state index contributed by atoms with van der Waals surface area (Å²) in [6.07, 6.45) is 5.82. The minimum absolute atomic E-state index is 0.0291. The number of hydrogen-bond donors (Lipinski definition) is 1. The van der Waals surface area contributed by atoms with Crippen molar-refractivity contribution >= 4 is 16.0 Å². The Morgan fingerprint density at radius 2 is 1.91 bits per heavy atom. The number of ether oxygens (including phenoxy) is 1. The third-order valence-corrected chi connectivity index (χ3v) is 3.90. The molecule has 0 amide bonds. The second kappa shape index (κ2) is 6.33. The molecule has 0 spiro atoms. The molecule has 1 aromatic carbocycles. The lowest BCUT2D eigenvalue weighted by Crippen LogP contribution is -2.22. The minimum Gasteiger partial charge on any atom is -0.465 e. The summed E-state index contributed by atoms with van der Waals surface area (Å²) in [6.45, 7) is 3.77. The van der Waals surface area contributed by atoms with Gasteiger partial charge in [-0.05, 0) is 38.1 Å². The van der Waals surface area contributed by atoms with Crippen LogP contribution in [0.1, 0.15) is 12.5 Å². The van der Waals surface area contributed by atoms with Crippen molar-refractivity contribution in [3.05, 3.63) is 53.9 Å². The van der Waals surface area contributed by atoms with Gasteiger partial charge in [0.15, 0.2) is 17.8 Å². The Balaban J connectivity index is 0.000000160. The van der Waals surface area contributed by atoms with Gasteiger partial charge in [-0.25, -0.2) is 4.99 Å². The highest BCUT2D eigenvalue weighted by Gasteiger charge is 2.23. The summed E-state index contributed by atoms with van der Waals surface area (Å²) in [5.41, 5.74) is 0.956. The zero-order chi connectivity index (χ0) is 16.3. The smallest absolute Gasteiger partial charge is 0.294 e. The molecular weight excluding hydrogens is 304 g/mol. The highest BCUT2D eigenvalue weighted by molar-refractivity contribution is 7.85. The molecule has 1 N–H and O–H groups in total. The fourth-order valence-electron chi connectivity index (χ4n) is 1.92. The van der Waals surface area contributed by atoms with Crippen LogP contribution in [0.5, 0.6) is 0 Å². The molecule has 2 aliphatic heterocycles. The van der Waals surface area contributed by atoms with Crippen LogP contribution in [0.15, 0.2) is 58.3 Å². The molecule has 1 unspecified atom stereocenters. The van der Waals surface area contributed by atoms with E-state index < -0.39 is 10.1 Å². The van der Waals surface area contributed by atoms with Gasteiger partial charge in [0.25, 0.3) is 10.1 Å². The van der Waals surface area contributed by atoms with Crippen LogP contribution < -0.4 is 0 Å². The van der Waals surface area contributed by atoms with Crippen LogP contribution in [0.2, 0.25) is 0 Å². The Morgan fingerprint density at radius 1 is 1.27 bits per heavy atom. The summed E-state index contributed by atoms with van der Waals surface area (Å²) >= 11 is 0. The highest BCUT2D eigenvalue weighted by Crippen LogP contribution is 2.20. The number of hydrogen-bond acceptors (Lipinski definition) is 5. The minimum atomic E-state index is -4.02. The van der Waals surface area contributed by atoms with E-state index >= 15 is 0 Å². The predicted molar refractivity (Wildman–Crippen MR) is 84.0 cm³/mol. The van der Waals surface area contributed by atoms with Crippen molar-refractivity contribution in [3.63, 3.8) is 0 Å². The maximum Gasteiger partial charge on any atom is 0.294 e. The lowest BCUT2D eigenvalue weighted by molar-refractivity contribution is 0.173. The van der Waals surface area contributed by atoms with Gasteiger partial charge in [-0.2, -0.15) is 8.42 Å². The van der Waals surface area contributed by atoms with E-state index in [1.807, 2.05) is 44.1 Å². The summed E-state index contributed by atoms with van der Waals surface area (Å²) in [5, 5.41) is 0. The van der Waals surface area contributed by atoms with E-state index in [0.29, 0.717) is 0 Å². The molecular formula is C15H18N2O4S. The van der Waals surface area contributed by atoms with E-state index in [-0.39, 0.29) is 11.1 Å². The maximum atomic E-state index is 10.5. The Bertz CT molecular complexity index is 733. The molecule has 7 heteroatoms. The van der Waals surface area contributed by atoms with Crippen molar-refractivity contribution in [3.8, 4) is 0 Å². The van der Waals surface area contributed by atoms with Crippen molar-refractivity contribution in [1.29, 1.82) is 0 Å². The van der Waals surface area contributed by atoms with Gasteiger partial charge in [0.05, 0.1) is 4.90 Å². The summed E-state index contributed by atoms with van der Waals surface area (Å²) < 4.78 is 35.0. The summed E-state index contributed by atoms with van der Waals surface area (Å²) in [6, 6.07) is 5.99. The van der Waals surface area contributed by atoms with Gasteiger partial charge >= 0.3 is 0 Å². The Hall–Kier alpha value is -2.12. The fourth-order valence-corrected chi connectivity index (χ4v) is 2.40. The summed E-state index contributed by atoms with van der Waals surface area (Å²) in [4.78, 5) is 6.18. The Kier molecular flexibility index (Phi) is 4.68. The third-order valence-electron chi connectivity index (χ3n) is 3.03. The van der Waals surface area contributed by atoms with Gasteiger partial charge in [-0.15, -0.1) is 0 Å². The van der Waals surface area contributed by atoms with Crippen LogP contribution in [-0.2, 0) is 14.9 Å². The zero-order valence-electron chi connectivity index (χ0n) is 12.6. The maximum absolute atomic E-state index is 10.5. The molecule has 3 rings (SSSR count). The Labute approximate surface area is 130 Å². The van der Waals surface area contributed by atoms with Crippen molar-refractivity contribution in [1.82, 2.24) is 4.90 Å². The van der Waals surface area contributed by atoms with Crippen molar-refractivity contribution in [2.75, 3.05) is 7.05 Å². The van der Waals surface area contributed by atoms with E-state index in [9.17, 15) is 8.42 Å². The normalized spacial score (nSPS) is 19.5. The second-order valence-corrected chi connectivity index (χ2v) is 6.36. The van der Waals surface area contributed by atoms with Crippen molar-refractivity contribution in [2.45, 2.75) is 25.0 Å². The molecule has 1 atom stereocenters. The van der Waals surface area contributed by atoms with Crippen molar-refractivity contribution < 1.29 is 17.7 Å². The first-order chi connectivity index (χ1) is 10.3. The van der Waals surface area contributed by atoms with E-state index in [4.69, 9.17) is 9.29 Å². The number of benzene rings is 1. The molecule has 0 aromatic heterocycles. The Morgan fingerprint density at radius 3 is 2.45 bits per heavy atom. The van der Waals surface area contributed by atoms with Gasteiger partial charge in [0.2, 0.25) is 0 Å². The van der Waals surface area contributed by atoms with Crippen LogP contribution in [0, 0.1) is 6.92 Å². The van der Waals surface area contributed by atoms with Crippen LogP contribution in [0.3, 0.4) is 0 Å². The van der Waals surface area contributed by atoms with Crippen LogP contribution >= 0.6 is 0 Å². The summed E-state index contributed by atoms with van der Waals surface area (Å²) in [7, 11) is -2.06. The van der Waals surface area contributed by atoms with Crippen LogP contribution in [0.25, 0.3) is 0 Å². The third kappa shape index (κ3) is 3.96. The molecule has 0 aliphatic carbocycles. The first-order valence-corrected chi connectivity index (χ1v) is 8.11. The number of aryl methyl sites for hydroxylation is 1. The van der Waals surface area contributed by atoms with Crippen LogP contribution in [0.4, 0.5) is 0 Å². The topological polar surface area (TPSA) is 79.2 Å². The first kappa shape index (κ1) is 16.3. The molecule has 0 fully saturated rings. The second-order valence-electron chi connectivity index (χ2n) is 4.94. The average molecular weight is 322 g/mol. The average Bonchev–Trinajstić information content (AvgIpc) is 2.81. The quantitative estimate of drug-likeness (QED) is 0.803. The van der Waals surface area contributed by atoms with Gasteiger partial charge in [-0.1, -0.05) is 17.7 Å². The molecule has 2 heterocycles. The number of nitrogens with zero attached hydrogens (tertiary/aromatic N) is 2. The standard InChI is InChI=1S/C8H10N2O.C7H8O3S/c1-6-9-8-7(11-6)4-3-5-10(8)2;1-6-2-4-7(5-3-6)11(8,9)10/h3-6H,1-2H3;2-5H,1H3,(H,8,9,10). The molecule has 0 bridgehead atoms. The SMILES string of the molecule is CC1N=C2C(=CC=CN2C)O1.Cc1ccc(S(=O)(=O)O)cc1. The van der Waals surface area contributed by atoms with Gasteiger partial charge < -0.3 is 9.64 Å². The number of fused-ring (bicyclic) bond motifs is 1. The van der Waals surface area contributed by atoms with E-state index in [1.54, 1.807) is 12.1 Å². The van der Waals surface area contributed by atoms with Gasteiger partial charge in [0.1, 0.15) is 0 Å². The largest absolute Gasteiger partial charge is 0.465 e.